The maximum atomic E-state index is 8.50. The summed E-state index contributed by atoms with van der Waals surface area (Å²) < 4.78 is 0. The molecule has 4 heteroatoms. The van der Waals surface area contributed by atoms with Crippen LogP contribution in [0, 0.1) is 18.3 Å². The maximum absolute atomic E-state index is 8.50. The van der Waals surface area contributed by atoms with Crippen molar-refractivity contribution in [3.05, 3.63) is 27.5 Å². The van der Waals surface area contributed by atoms with E-state index in [1.807, 2.05) is 6.07 Å². The van der Waals surface area contributed by atoms with Crippen molar-refractivity contribution in [2.24, 2.45) is 0 Å². The smallest absolute Gasteiger partial charge is 0.102 e. The molecule has 0 atom stereocenters. The van der Waals surface area contributed by atoms with Crippen molar-refractivity contribution in [1.82, 2.24) is 4.98 Å². The molecule has 0 fully saturated rings. The standard InChI is InChI=1S/C7H4Cl2N2/c1-4-6(8)7(9)5(2-10)3-11-4/h3H,1H3. The van der Waals surface area contributed by atoms with Crippen molar-refractivity contribution in [2.75, 3.05) is 0 Å². The molecule has 11 heavy (non-hydrogen) atoms. The van der Waals surface area contributed by atoms with Gasteiger partial charge in [-0.15, -0.1) is 0 Å². The van der Waals surface area contributed by atoms with Crippen LogP contribution in [0.3, 0.4) is 0 Å². The van der Waals surface area contributed by atoms with E-state index < -0.39 is 0 Å². The molecule has 0 radical (unpaired) electrons. The molecule has 1 rings (SSSR count). The first-order valence-electron chi connectivity index (χ1n) is 2.87. The fourth-order valence-electron chi connectivity index (χ4n) is 0.630. The van der Waals surface area contributed by atoms with Gasteiger partial charge in [-0.25, -0.2) is 0 Å². The third-order valence-electron chi connectivity index (χ3n) is 1.25. The number of rotatable bonds is 0. The molecule has 0 amide bonds. The topological polar surface area (TPSA) is 36.7 Å². The van der Waals surface area contributed by atoms with E-state index in [0.29, 0.717) is 16.3 Å². The van der Waals surface area contributed by atoms with Gasteiger partial charge in [0.25, 0.3) is 0 Å². The Bertz CT molecular complexity index is 328. The first-order valence-corrected chi connectivity index (χ1v) is 3.63. The molecule has 0 saturated heterocycles. The zero-order valence-electron chi connectivity index (χ0n) is 5.73. The zero-order chi connectivity index (χ0) is 8.43. The van der Waals surface area contributed by atoms with E-state index in [-0.39, 0.29) is 5.02 Å². The molecule has 0 N–H and O–H groups in total. The van der Waals surface area contributed by atoms with Gasteiger partial charge in [-0.1, -0.05) is 23.2 Å². The third-order valence-corrected chi connectivity index (χ3v) is 2.21. The minimum atomic E-state index is 0.279. The Morgan fingerprint density at radius 1 is 1.45 bits per heavy atom. The predicted octanol–water partition coefficient (Wildman–Crippen LogP) is 2.57. The van der Waals surface area contributed by atoms with Crippen LogP contribution < -0.4 is 0 Å². The number of aromatic nitrogens is 1. The average molecular weight is 187 g/mol. The maximum Gasteiger partial charge on any atom is 0.102 e. The number of aryl methyl sites for hydroxylation is 1. The molecule has 2 nitrogen and oxygen atoms in total. The van der Waals surface area contributed by atoms with Crippen LogP contribution in [0.5, 0.6) is 0 Å². The fourth-order valence-corrected chi connectivity index (χ4v) is 1.01. The summed E-state index contributed by atoms with van der Waals surface area (Å²) in [5.41, 5.74) is 0.943. The average Bonchev–Trinajstić information content (AvgIpc) is 2.01. The Hall–Kier alpha value is -0.780. The highest BCUT2D eigenvalue weighted by atomic mass is 35.5. The molecule has 0 spiro atoms. The monoisotopic (exact) mass is 186 g/mol. The second kappa shape index (κ2) is 3.08. The molecule has 1 heterocycles. The Morgan fingerprint density at radius 3 is 2.64 bits per heavy atom. The van der Waals surface area contributed by atoms with E-state index >= 15 is 0 Å². The van der Waals surface area contributed by atoms with Crippen LogP contribution in [0.2, 0.25) is 10.0 Å². The lowest BCUT2D eigenvalue weighted by Gasteiger charge is -1.99. The molecular formula is C7H4Cl2N2. The fraction of sp³-hybridized carbons (Fsp3) is 0.143. The van der Waals surface area contributed by atoms with Crippen molar-refractivity contribution in [3.8, 4) is 6.07 Å². The molecule has 0 saturated carbocycles. The summed E-state index contributed by atoms with van der Waals surface area (Å²) in [6.45, 7) is 1.73. The molecule has 1 aromatic rings. The van der Waals surface area contributed by atoms with Crippen LogP contribution in [0.15, 0.2) is 6.20 Å². The van der Waals surface area contributed by atoms with Gasteiger partial charge in [0, 0.05) is 6.20 Å². The van der Waals surface area contributed by atoms with Crippen LogP contribution >= 0.6 is 23.2 Å². The number of nitrogens with zero attached hydrogens (tertiary/aromatic N) is 2. The van der Waals surface area contributed by atoms with E-state index in [9.17, 15) is 0 Å². The quantitative estimate of drug-likeness (QED) is 0.625. The highest BCUT2D eigenvalue weighted by Crippen LogP contribution is 2.26. The Kier molecular flexibility index (Phi) is 2.33. The number of hydrogen-bond donors (Lipinski definition) is 0. The van der Waals surface area contributed by atoms with Crippen LogP contribution in [-0.4, -0.2) is 4.98 Å². The van der Waals surface area contributed by atoms with E-state index in [1.165, 1.54) is 6.20 Å². The first-order chi connectivity index (χ1) is 5.16. The van der Waals surface area contributed by atoms with Gasteiger partial charge in [-0.3, -0.25) is 4.98 Å². The SMILES string of the molecule is Cc1ncc(C#N)c(Cl)c1Cl. The Morgan fingerprint density at radius 2 is 2.09 bits per heavy atom. The highest BCUT2D eigenvalue weighted by molar-refractivity contribution is 6.43. The van der Waals surface area contributed by atoms with Gasteiger partial charge in [-0.2, -0.15) is 5.26 Å². The predicted molar refractivity (Wildman–Crippen MR) is 43.7 cm³/mol. The highest BCUT2D eigenvalue weighted by Gasteiger charge is 2.06. The van der Waals surface area contributed by atoms with Gasteiger partial charge in [0.1, 0.15) is 6.07 Å². The summed E-state index contributed by atoms with van der Waals surface area (Å²) in [5, 5.41) is 9.13. The molecule has 0 aliphatic heterocycles. The lowest BCUT2D eigenvalue weighted by molar-refractivity contribution is 1.19. The molecule has 56 valence electrons. The van der Waals surface area contributed by atoms with E-state index in [0.717, 1.165) is 0 Å². The van der Waals surface area contributed by atoms with Crippen molar-refractivity contribution in [2.45, 2.75) is 6.92 Å². The Balaban J connectivity index is 3.40. The van der Waals surface area contributed by atoms with Crippen LogP contribution in [0.4, 0.5) is 0 Å². The van der Waals surface area contributed by atoms with E-state index in [2.05, 4.69) is 4.98 Å². The van der Waals surface area contributed by atoms with Crippen molar-refractivity contribution >= 4 is 23.2 Å². The van der Waals surface area contributed by atoms with Crippen LogP contribution in [0.25, 0.3) is 0 Å². The molecule has 0 unspecified atom stereocenters. The largest absolute Gasteiger partial charge is 0.259 e. The molecule has 0 aliphatic carbocycles. The number of hydrogen-bond acceptors (Lipinski definition) is 2. The van der Waals surface area contributed by atoms with Gasteiger partial charge >= 0.3 is 0 Å². The van der Waals surface area contributed by atoms with Crippen molar-refractivity contribution in [1.29, 1.82) is 5.26 Å². The van der Waals surface area contributed by atoms with Gasteiger partial charge < -0.3 is 0 Å². The summed E-state index contributed by atoms with van der Waals surface area (Å²) in [4.78, 5) is 3.87. The second-order valence-electron chi connectivity index (χ2n) is 2.00. The first kappa shape index (κ1) is 8.32. The summed E-state index contributed by atoms with van der Waals surface area (Å²) in [7, 11) is 0. The lowest BCUT2D eigenvalue weighted by atomic mass is 10.3. The molecule has 0 bridgehead atoms. The zero-order valence-corrected chi connectivity index (χ0v) is 7.24. The van der Waals surface area contributed by atoms with E-state index in [4.69, 9.17) is 28.5 Å². The number of nitriles is 1. The summed E-state index contributed by atoms with van der Waals surface area (Å²) in [5.74, 6) is 0. The van der Waals surface area contributed by atoms with Crippen LogP contribution in [-0.2, 0) is 0 Å². The van der Waals surface area contributed by atoms with Gasteiger partial charge in [-0.05, 0) is 6.92 Å². The lowest BCUT2D eigenvalue weighted by Crippen LogP contribution is -1.86. The van der Waals surface area contributed by atoms with Crippen LogP contribution in [0.1, 0.15) is 11.3 Å². The Labute approximate surface area is 74.4 Å². The summed E-state index contributed by atoms with van der Waals surface area (Å²) >= 11 is 11.4. The van der Waals surface area contributed by atoms with Gasteiger partial charge in [0.2, 0.25) is 0 Å². The van der Waals surface area contributed by atoms with Crippen molar-refractivity contribution in [3.63, 3.8) is 0 Å². The summed E-state index contributed by atoms with van der Waals surface area (Å²) in [6, 6.07) is 1.88. The van der Waals surface area contributed by atoms with Crippen molar-refractivity contribution < 1.29 is 0 Å². The number of halogens is 2. The molecule has 1 aromatic heterocycles. The van der Waals surface area contributed by atoms with Gasteiger partial charge in [0.15, 0.2) is 0 Å². The summed E-state index contributed by atoms with van der Waals surface area (Å²) in [6.07, 6.45) is 1.41. The van der Waals surface area contributed by atoms with E-state index in [1.54, 1.807) is 6.92 Å². The minimum Gasteiger partial charge on any atom is -0.259 e. The normalized spacial score (nSPS) is 9.27. The third kappa shape index (κ3) is 1.45. The molecule has 0 aromatic carbocycles. The second-order valence-corrected chi connectivity index (χ2v) is 2.75. The minimum absolute atomic E-state index is 0.279. The molecular weight excluding hydrogens is 183 g/mol. The number of pyridine rings is 1. The molecule has 0 aliphatic rings. The van der Waals surface area contributed by atoms with Gasteiger partial charge in [0.05, 0.1) is 21.3 Å².